The van der Waals surface area contributed by atoms with Crippen LogP contribution in [-0.2, 0) is 6.54 Å². The second-order valence-corrected chi connectivity index (χ2v) is 5.44. The molecule has 0 spiro atoms. The van der Waals surface area contributed by atoms with Gasteiger partial charge in [0.25, 0.3) is 0 Å². The Labute approximate surface area is 142 Å². The van der Waals surface area contributed by atoms with Crippen LogP contribution in [0, 0.1) is 0 Å². The topological polar surface area (TPSA) is 104 Å². The number of H-pyrrole nitrogens is 1. The zero-order valence-electron chi connectivity index (χ0n) is 13.1. The molecule has 0 atom stereocenters. The highest BCUT2D eigenvalue weighted by Gasteiger charge is 2.15. The van der Waals surface area contributed by atoms with Crippen LogP contribution in [0.5, 0.6) is 0 Å². The summed E-state index contributed by atoms with van der Waals surface area (Å²) < 4.78 is 5.45. The van der Waals surface area contributed by atoms with E-state index in [4.69, 9.17) is 9.52 Å². The summed E-state index contributed by atoms with van der Waals surface area (Å²) in [5.41, 5.74) is 2.35. The van der Waals surface area contributed by atoms with Gasteiger partial charge in [0.1, 0.15) is 17.2 Å². The van der Waals surface area contributed by atoms with Crippen molar-refractivity contribution in [3.63, 3.8) is 0 Å². The number of carboxylic acid groups (broad SMARTS) is 1. The molecule has 4 rings (SSSR count). The molecule has 0 aliphatic rings. The highest BCUT2D eigenvalue weighted by atomic mass is 16.4. The number of carboxylic acids is 1. The number of pyridine rings is 2. The van der Waals surface area contributed by atoms with E-state index in [1.807, 2.05) is 30.3 Å². The number of nitrogens with zero attached hydrogens (tertiary/aromatic N) is 2. The number of hydrogen-bond acceptors (Lipinski definition) is 5. The third kappa shape index (κ3) is 2.94. The summed E-state index contributed by atoms with van der Waals surface area (Å²) in [4.78, 5) is 22.9. The van der Waals surface area contributed by atoms with Crippen LogP contribution in [0.2, 0.25) is 0 Å². The van der Waals surface area contributed by atoms with Crippen LogP contribution in [0.25, 0.3) is 22.4 Å². The zero-order chi connectivity index (χ0) is 17.2. The number of anilines is 1. The van der Waals surface area contributed by atoms with Gasteiger partial charge in [-0.3, -0.25) is 4.98 Å². The van der Waals surface area contributed by atoms with E-state index in [1.165, 1.54) is 6.07 Å². The van der Waals surface area contributed by atoms with E-state index in [9.17, 15) is 4.79 Å². The number of fused-ring (bicyclic) bond motifs is 1. The third-order valence-corrected chi connectivity index (χ3v) is 3.79. The number of hydrogen-bond donors (Lipinski definition) is 3. The molecule has 0 bridgehead atoms. The van der Waals surface area contributed by atoms with E-state index in [0.29, 0.717) is 23.8 Å². The van der Waals surface area contributed by atoms with E-state index in [-0.39, 0.29) is 5.76 Å². The zero-order valence-corrected chi connectivity index (χ0v) is 13.1. The minimum absolute atomic E-state index is 0.0986. The highest BCUT2D eigenvalue weighted by molar-refractivity contribution is 5.94. The molecule has 4 aromatic rings. The van der Waals surface area contributed by atoms with Crippen LogP contribution in [0.15, 0.2) is 59.3 Å². The van der Waals surface area contributed by atoms with Crippen molar-refractivity contribution >= 4 is 22.8 Å². The van der Waals surface area contributed by atoms with Crippen LogP contribution >= 0.6 is 0 Å². The average molecular weight is 334 g/mol. The minimum atomic E-state index is -1.10. The van der Waals surface area contributed by atoms with E-state index in [1.54, 1.807) is 18.5 Å². The first-order chi connectivity index (χ1) is 12.2. The molecule has 3 N–H and O–H groups in total. The molecule has 0 unspecified atom stereocenters. The lowest BCUT2D eigenvalue weighted by molar-refractivity contribution is 0.0663. The Bertz CT molecular complexity index is 1040. The van der Waals surface area contributed by atoms with Gasteiger partial charge in [-0.15, -0.1) is 0 Å². The summed E-state index contributed by atoms with van der Waals surface area (Å²) in [6, 6.07) is 12.5. The van der Waals surface area contributed by atoms with E-state index in [2.05, 4.69) is 20.3 Å². The number of nitrogens with one attached hydrogen (secondary N) is 2. The first-order valence-corrected chi connectivity index (χ1v) is 7.66. The Hall–Kier alpha value is -3.61. The summed E-state index contributed by atoms with van der Waals surface area (Å²) in [6.07, 6.45) is 3.52. The molecule has 0 amide bonds. The van der Waals surface area contributed by atoms with Crippen LogP contribution in [0.3, 0.4) is 0 Å². The Morgan fingerprint density at radius 1 is 1.24 bits per heavy atom. The van der Waals surface area contributed by atoms with E-state index in [0.717, 1.165) is 16.6 Å². The molecule has 7 heteroatoms. The average Bonchev–Trinajstić information content (AvgIpc) is 3.29. The van der Waals surface area contributed by atoms with Crippen molar-refractivity contribution in [3.05, 3.63) is 66.3 Å². The molecule has 124 valence electrons. The van der Waals surface area contributed by atoms with Gasteiger partial charge in [-0.05, 0) is 36.4 Å². The predicted molar refractivity (Wildman–Crippen MR) is 92.3 cm³/mol. The van der Waals surface area contributed by atoms with Gasteiger partial charge in [0.15, 0.2) is 0 Å². The molecule has 0 aromatic carbocycles. The summed E-state index contributed by atoms with van der Waals surface area (Å²) in [7, 11) is 0. The summed E-state index contributed by atoms with van der Waals surface area (Å²) in [6.45, 7) is 0.526. The molecule has 0 aliphatic carbocycles. The maximum absolute atomic E-state index is 11.1. The maximum Gasteiger partial charge on any atom is 0.371 e. The van der Waals surface area contributed by atoms with Gasteiger partial charge in [-0.25, -0.2) is 9.78 Å². The van der Waals surface area contributed by atoms with Crippen LogP contribution < -0.4 is 5.32 Å². The normalized spacial score (nSPS) is 10.9. The predicted octanol–water partition coefficient (Wildman–Crippen LogP) is 3.53. The van der Waals surface area contributed by atoms with Crippen molar-refractivity contribution in [3.8, 4) is 11.3 Å². The van der Waals surface area contributed by atoms with Crippen molar-refractivity contribution in [2.75, 3.05) is 5.32 Å². The number of aromatic carboxylic acids is 1. The van der Waals surface area contributed by atoms with Crippen LogP contribution in [0.4, 0.5) is 5.82 Å². The fraction of sp³-hybridized carbons (Fsp3) is 0.0556. The molecular formula is C18H14N4O3. The molecule has 0 aliphatic heterocycles. The van der Waals surface area contributed by atoms with Crippen molar-refractivity contribution in [2.24, 2.45) is 0 Å². The Kier molecular flexibility index (Phi) is 3.66. The van der Waals surface area contributed by atoms with Crippen LogP contribution in [-0.4, -0.2) is 26.0 Å². The second kappa shape index (κ2) is 6.12. The first kappa shape index (κ1) is 14.9. The molecule has 7 nitrogen and oxygen atoms in total. The minimum Gasteiger partial charge on any atom is -0.475 e. The molecule has 25 heavy (non-hydrogen) atoms. The van der Waals surface area contributed by atoms with E-state index >= 15 is 0 Å². The summed E-state index contributed by atoms with van der Waals surface area (Å²) in [5, 5.41) is 13.1. The van der Waals surface area contributed by atoms with Gasteiger partial charge in [-0.1, -0.05) is 6.07 Å². The molecule has 4 aromatic heterocycles. The van der Waals surface area contributed by atoms with Crippen molar-refractivity contribution in [1.82, 2.24) is 15.0 Å². The van der Waals surface area contributed by atoms with Gasteiger partial charge >= 0.3 is 5.97 Å². The summed E-state index contributed by atoms with van der Waals surface area (Å²) >= 11 is 0. The maximum atomic E-state index is 11.1. The fourth-order valence-corrected chi connectivity index (χ4v) is 2.61. The number of carbonyl (C=O) groups is 1. The standard InChI is InChI=1S/C18H14N4O3/c23-18(24)15-5-4-14(25-15)13-9-16(22-17-12(13)6-8-20-17)21-10-11-3-1-2-7-19-11/h1-9H,10H2,(H,23,24)(H2,20,21,22). The Morgan fingerprint density at radius 3 is 2.92 bits per heavy atom. The largest absolute Gasteiger partial charge is 0.475 e. The number of aromatic nitrogens is 3. The quantitative estimate of drug-likeness (QED) is 0.516. The van der Waals surface area contributed by atoms with Gasteiger partial charge < -0.3 is 19.8 Å². The lowest BCUT2D eigenvalue weighted by Crippen LogP contribution is -2.03. The molecular weight excluding hydrogens is 320 g/mol. The molecule has 0 radical (unpaired) electrons. The summed E-state index contributed by atoms with van der Waals surface area (Å²) in [5.74, 6) is -0.0771. The van der Waals surface area contributed by atoms with Crippen molar-refractivity contribution < 1.29 is 14.3 Å². The second-order valence-electron chi connectivity index (χ2n) is 5.44. The smallest absolute Gasteiger partial charge is 0.371 e. The van der Waals surface area contributed by atoms with Crippen LogP contribution in [0.1, 0.15) is 16.2 Å². The SMILES string of the molecule is O=C(O)c1ccc(-c2cc(NCc3ccccn3)nc3[nH]ccc23)o1. The lowest BCUT2D eigenvalue weighted by atomic mass is 10.1. The molecule has 0 saturated heterocycles. The number of rotatable bonds is 5. The Morgan fingerprint density at radius 2 is 2.16 bits per heavy atom. The van der Waals surface area contributed by atoms with Crippen molar-refractivity contribution in [1.29, 1.82) is 0 Å². The highest BCUT2D eigenvalue weighted by Crippen LogP contribution is 2.31. The lowest BCUT2D eigenvalue weighted by Gasteiger charge is -2.08. The van der Waals surface area contributed by atoms with Gasteiger partial charge in [-0.2, -0.15) is 0 Å². The van der Waals surface area contributed by atoms with Crippen molar-refractivity contribution in [2.45, 2.75) is 6.54 Å². The van der Waals surface area contributed by atoms with E-state index < -0.39 is 5.97 Å². The first-order valence-electron chi connectivity index (χ1n) is 7.66. The molecule has 0 saturated carbocycles. The molecule has 4 heterocycles. The third-order valence-electron chi connectivity index (χ3n) is 3.79. The molecule has 0 fully saturated rings. The van der Waals surface area contributed by atoms with Gasteiger partial charge in [0.2, 0.25) is 5.76 Å². The number of aromatic amines is 1. The van der Waals surface area contributed by atoms with Gasteiger partial charge in [0.05, 0.1) is 12.2 Å². The monoisotopic (exact) mass is 334 g/mol. The Balaban J connectivity index is 1.70. The number of furan rings is 1. The fourth-order valence-electron chi connectivity index (χ4n) is 2.61. The van der Waals surface area contributed by atoms with Gasteiger partial charge in [0, 0.05) is 23.3 Å².